The summed E-state index contributed by atoms with van der Waals surface area (Å²) in [6.07, 6.45) is 3.55. The topological polar surface area (TPSA) is 54.5 Å². The SMILES string of the molecule is Cc1cc(C(=O)N2CCNC[C@H]2C)cc(C)c1OCc1cccnc1. The number of amides is 1. The molecule has 2 heterocycles. The summed E-state index contributed by atoms with van der Waals surface area (Å²) in [5.74, 6) is 0.938. The third kappa shape index (κ3) is 3.99. The van der Waals surface area contributed by atoms with E-state index >= 15 is 0 Å². The van der Waals surface area contributed by atoms with Crippen molar-refractivity contribution in [3.8, 4) is 5.75 Å². The number of pyridine rings is 1. The number of carbonyl (C=O) groups excluding carboxylic acids is 1. The fourth-order valence-corrected chi connectivity index (χ4v) is 3.25. The van der Waals surface area contributed by atoms with Crippen molar-refractivity contribution >= 4 is 5.91 Å². The molecule has 0 unspecified atom stereocenters. The summed E-state index contributed by atoms with van der Waals surface area (Å²) in [6.45, 7) is 8.97. The van der Waals surface area contributed by atoms with Gasteiger partial charge in [0.1, 0.15) is 12.4 Å². The summed E-state index contributed by atoms with van der Waals surface area (Å²) in [7, 11) is 0. The molecule has 2 aromatic rings. The first kappa shape index (κ1) is 17.4. The van der Waals surface area contributed by atoms with E-state index in [1.165, 1.54) is 0 Å². The van der Waals surface area contributed by atoms with Crippen LogP contribution >= 0.6 is 0 Å². The second-order valence-electron chi connectivity index (χ2n) is 6.64. The van der Waals surface area contributed by atoms with Gasteiger partial charge >= 0.3 is 0 Å². The number of ether oxygens (including phenoxy) is 1. The van der Waals surface area contributed by atoms with Gasteiger partial charge in [0.15, 0.2) is 0 Å². The van der Waals surface area contributed by atoms with Crippen LogP contribution in [0, 0.1) is 13.8 Å². The van der Waals surface area contributed by atoms with Crippen LogP contribution < -0.4 is 10.1 Å². The molecule has 1 aliphatic rings. The van der Waals surface area contributed by atoms with Gasteiger partial charge in [0.25, 0.3) is 5.91 Å². The third-order valence-electron chi connectivity index (χ3n) is 4.58. The van der Waals surface area contributed by atoms with Crippen molar-refractivity contribution < 1.29 is 9.53 Å². The normalized spacial score (nSPS) is 17.4. The van der Waals surface area contributed by atoms with Gasteiger partial charge in [-0.05, 0) is 50.1 Å². The summed E-state index contributed by atoms with van der Waals surface area (Å²) < 4.78 is 5.98. The lowest BCUT2D eigenvalue weighted by molar-refractivity contribution is 0.0655. The predicted octanol–water partition coefficient (Wildman–Crippen LogP) is 2.71. The molecule has 1 aromatic heterocycles. The first-order chi connectivity index (χ1) is 12.1. The lowest BCUT2D eigenvalue weighted by Crippen LogP contribution is -2.52. The third-order valence-corrected chi connectivity index (χ3v) is 4.58. The fraction of sp³-hybridized carbons (Fsp3) is 0.400. The molecule has 0 aliphatic carbocycles. The van der Waals surface area contributed by atoms with Gasteiger partial charge < -0.3 is 15.0 Å². The van der Waals surface area contributed by atoms with Crippen LogP contribution in [0.1, 0.15) is 34.0 Å². The van der Waals surface area contributed by atoms with Crippen LogP contribution in [0.25, 0.3) is 0 Å². The Kier molecular flexibility index (Phi) is 5.34. The van der Waals surface area contributed by atoms with Crippen LogP contribution in [0.5, 0.6) is 5.75 Å². The number of carbonyl (C=O) groups is 1. The van der Waals surface area contributed by atoms with Gasteiger partial charge in [-0.2, -0.15) is 0 Å². The number of hydrogen-bond donors (Lipinski definition) is 1. The van der Waals surface area contributed by atoms with Crippen molar-refractivity contribution in [2.75, 3.05) is 19.6 Å². The minimum atomic E-state index is 0.0963. The molecule has 1 aromatic carbocycles. The van der Waals surface area contributed by atoms with Gasteiger partial charge in [0.2, 0.25) is 0 Å². The molecule has 5 nitrogen and oxygen atoms in total. The van der Waals surface area contributed by atoms with Crippen molar-refractivity contribution in [1.29, 1.82) is 0 Å². The van der Waals surface area contributed by atoms with Crippen LogP contribution in [-0.2, 0) is 6.61 Å². The molecule has 1 amide bonds. The summed E-state index contributed by atoms with van der Waals surface area (Å²) in [5.41, 5.74) is 3.72. The van der Waals surface area contributed by atoms with Crippen molar-refractivity contribution in [1.82, 2.24) is 15.2 Å². The van der Waals surface area contributed by atoms with Crippen molar-refractivity contribution in [2.45, 2.75) is 33.4 Å². The van der Waals surface area contributed by atoms with Crippen molar-refractivity contribution in [3.05, 3.63) is 58.9 Å². The Labute approximate surface area is 149 Å². The summed E-state index contributed by atoms with van der Waals surface area (Å²) >= 11 is 0. The molecular formula is C20H25N3O2. The van der Waals surface area contributed by atoms with Crippen molar-refractivity contribution in [3.63, 3.8) is 0 Å². The number of aryl methyl sites for hydroxylation is 2. The molecule has 5 heteroatoms. The van der Waals surface area contributed by atoms with E-state index in [0.717, 1.165) is 47.6 Å². The van der Waals surface area contributed by atoms with E-state index in [1.807, 2.05) is 43.0 Å². The number of aromatic nitrogens is 1. The Morgan fingerprint density at radius 2 is 2.12 bits per heavy atom. The average molecular weight is 339 g/mol. The highest BCUT2D eigenvalue weighted by atomic mass is 16.5. The van der Waals surface area contributed by atoms with Gasteiger partial charge in [0.05, 0.1) is 0 Å². The van der Waals surface area contributed by atoms with Gasteiger partial charge in [-0.15, -0.1) is 0 Å². The Morgan fingerprint density at radius 1 is 1.36 bits per heavy atom. The van der Waals surface area contributed by atoms with Crippen LogP contribution in [0.3, 0.4) is 0 Å². The molecule has 1 aliphatic heterocycles. The van der Waals surface area contributed by atoms with E-state index in [0.29, 0.717) is 6.61 Å². The highest BCUT2D eigenvalue weighted by Crippen LogP contribution is 2.26. The summed E-state index contributed by atoms with van der Waals surface area (Å²) in [4.78, 5) is 18.9. The second kappa shape index (κ2) is 7.66. The molecular weight excluding hydrogens is 314 g/mol. The predicted molar refractivity (Wildman–Crippen MR) is 97.9 cm³/mol. The van der Waals surface area contributed by atoms with E-state index < -0.39 is 0 Å². The van der Waals surface area contributed by atoms with Gasteiger partial charge in [-0.1, -0.05) is 6.07 Å². The Hall–Kier alpha value is -2.40. The first-order valence-corrected chi connectivity index (χ1v) is 8.71. The molecule has 1 saturated heterocycles. The highest BCUT2D eigenvalue weighted by molar-refractivity contribution is 5.95. The van der Waals surface area contributed by atoms with Gasteiger partial charge in [-0.3, -0.25) is 9.78 Å². The molecule has 132 valence electrons. The van der Waals surface area contributed by atoms with E-state index in [4.69, 9.17) is 4.74 Å². The standard InChI is InChI=1S/C20H25N3O2/c1-14-9-18(20(24)23-8-7-22-11-16(23)3)10-15(2)19(14)25-13-17-5-4-6-21-12-17/h4-6,9-10,12,16,22H,7-8,11,13H2,1-3H3/t16-/m1/s1. The number of nitrogens with zero attached hydrogens (tertiary/aromatic N) is 2. The van der Waals surface area contributed by atoms with Gasteiger partial charge in [0, 0.05) is 49.2 Å². The zero-order valence-corrected chi connectivity index (χ0v) is 15.1. The van der Waals surface area contributed by atoms with Crippen LogP contribution in [0.4, 0.5) is 0 Å². The molecule has 0 saturated carbocycles. The number of hydrogen-bond acceptors (Lipinski definition) is 4. The second-order valence-corrected chi connectivity index (χ2v) is 6.64. The minimum Gasteiger partial charge on any atom is -0.488 e. The maximum atomic E-state index is 12.9. The van der Waals surface area contributed by atoms with E-state index in [9.17, 15) is 4.79 Å². The summed E-state index contributed by atoms with van der Waals surface area (Å²) in [6, 6.07) is 7.96. The van der Waals surface area contributed by atoms with E-state index in [2.05, 4.69) is 17.2 Å². The van der Waals surface area contributed by atoms with Gasteiger partial charge in [-0.25, -0.2) is 0 Å². The molecule has 1 fully saturated rings. The Bertz CT molecular complexity index is 723. The van der Waals surface area contributed by atoms with E-state index in [1.54, 1.807) is 12.4 Å². The summed E-state index contributed by atoms with van der Waals surface area (Å²) in [5, 5.41) is 3.32. The number of piperazine rings is 1. The van der Waals surface area contributed by atoms with Crippen LogP contribution in [0.2, 0.25) is 0 Å². The average Bonchev–Trinajstić information content (AvgIpc) is 2.61. The minimum absolute atomic E-state index is 0.0963. The fourth-order valence-electron chi connectivity index (χ4n) is 3.25. The smallest absolute Gasteiger partial charge is 0.254 e. The molecule has 3 rings (SSSR count). The van der Waals surface area contributed by atoms with E-state index in [-0.39, 0.29) is 11.9 Å². The maximum Gasteiger partial charge on any atom is 0.254 e. The molecule has 1 N–H and O–H groups in total. The lowest BCUT2D eigenvalue weighted by Gasteiger charge is -2.34. The zero-order valence-electron chi connectivity index (χ0n) is 15.1. The lowest BCUT2D eigenvalue weighted by atomic mass is 10.0. The Balaban J connectivity index is 1.76. The first-order valence-electron chi connectivity index (χ1n) is 8.71. The quantitative estimate of drug-likeness (QED) is 0.930. The number of rotatable bonds is 4. The molecule has 0 bridgehead atoms. The molecule has 1 atom stereocenters. The maximum absolute atomic E-state index is 12.9. The largest absolute Gasteiger partial charge is 0.488 e. The number of benzene rings is 1. The number of nitrogens with one attached hydrogen (secondary N) is 1. The molecule has 0 radical (unpaired) electrons. The van der Waals surface area contributed by atoms with Crippen LogP contribution in [-0.4, -0.2) is 41.5 Å². The molecule has 0 spiro atoms. The highest BCUT2D eigenvalue weighted by Gasteiger charge is 2.24. The van der Waals surface area contributed by atoms with Crippen molar-refractivity contribution in [2.24, 2.45) is 0 Å². The molecule has 25 heavy (non-hydrogen) atoms. The zero-order chi connectivity index (χ0) is 17.8. The monoisotopic (exact) mass is 339 g/mol. The van der Waals surface area contributed by atoms with Crippen LogP contribution in [0.15, 0.2) is 36.7 Å². The Morgan fingerprint density at radius 3 is 2.76 bits per heavy atom.